The van der Waals surface area contributed by atoms with Gasteiger partial charge in [-0.1, -0.05) is 60.7 Å². The van der Waals surface area contributed by atoms with Gasteiger partial charge in [0.15, 0.2) is 6.04 Å². The number of pyridine rings is 1. The van der Waals surface area contributed by atoms with Gasteiger partial charge in [0.25, 0.3) is 5.69 Å². The van der Waals surface area contributed by atoms with Crippen molar-refractivity contribution in [3.05, 3.63) is 142 Å². The number of esters is 1. The largest absolute Gasteiger partial charge is 0.494 e. The predicted octanol–water partition coefficient (Wildman–Crippen LogP) is 9.00. The highest BCUT2D eigenvalue weighted by molar-refractivity contribution is 5.95. The van der Waals surface area contributed by atoms with Gasteiger partial charge in [-0.2, -0.15) is 0 Å². The van der Waals surface area contributed by atoms with Crippen molar-refractivity contribution in [3.63, 3.8) is 0 Å². The lowest BCUT2D eigenvalue weighted by Gasteiger charge is -2.40. The molecule has 1 heterocycles. The first-order valence-corrected chi connectivity index (χ1v) is 19.3. The Kier molecular flexibility index (Phi) is 14.4. The molecule has 1 unspecified atom stereocenters. The van der Waals surface area contributed by atoms with Crippen molar-refractivity contribution < 1.29 is 43.0 Å². The number of anilines is 1. The second-order valence-electron chi connectivity index (χ2n) is 15.7. The van der Waals surface area contributed by atoms with E-state index in [1.54, 1.807) is 109 Å². The van der Waals surface area contributed by atoms with Crippen LogP contribution >= 0.6 is 0 Å². The van der Waals surface area contributed by atoms with Crippen LogP contribution in [0.15, 0.2) is 116 Å². The van der Waals surface area contributed by atoms with Crippen LogP contribution in [0.1, 0.15) is 77.1 Å². The molecule has 0 saturated carbocycles. The Hall–Kier alpha value is -7.03. The Labute approximate surface area is 348 Å². The summed E-state index contributed by atoms with van der Waals surface area (Å²) >= 11 is 0. The Morgan fingerprint density at radius 2 is 1.45 bits per heavy atom. The number of nitro groups is 1. The van der Waals surface area contributed by atoms with E-state index in [1.165, 1.54) is 23.2 Å². The van der Waals surface area contributed by atoms with Crippen LogP contribution in [0.5, 0.6) is 5.75 Å². The number of carbonyl (C=O) groups is 4. The molecular weight excluding hydrogens is 771 g/mol. The number of hydrogen-bond donors (Lipinski definition) is 1. The topological polar surface area (TPSA) is 180 Å². The highest BCUT2D eigenvalue weighted by atomic mass is 16.6. The summed E-state index contributed by atoms with van der Waals surface area (Å²) in [7, 11) is 0. The third-order valence-corrected chi connectivity index (χ3v) is 8.55. The molecular formula is C45H49N5O10. The molecule has 0 aliphatic carbocycles. The minimum absolute atomic E-state index is 0.137. The second kappa shape index (κ2) is 19.6. The summed E-state index contributed by atoms with van der Waals surface area (Å²) in [5.41, 5.74) is -0.438. The van der Waals surface area contributed by atoms with Crippen LogP contribution in [0.4, 0.5) is 21.0 Å². The first-order valence-electron chi connectivity index (χ1n) is 19.3. The molecule has 314 valence electrons. The summed E-state index contributed by atoms with van der Waals surface area (Å²) in [6, 6.07) is 27.0. The number of rotatable bonds is 15. The normalized spacial score (nSPS) is 11.8. The third-order valence-electron chi connectivity index (χ3n) is 8.55. The summed E-state index contributed by atoms with van der Waals surface area (Å²) in [6.07, 6.45) is 1.52. The molecule has 60 heavy (non-hydrogen) atoms. The van der Waals surface area contributed by atoms with Gasteiger partial charge >= 0.3 is 18.2 Å². The molecule has 5 rings (SSSR count). The number of nitrogens with one attached hydrogen (secondary N) is 1. The predicted molar refractivity (Wildman–Crippen MR) is 224 cm³/mol. The molecule has 1 N–H and O–H groups in total. The van der Waals surface area contributed by atoms with Crippen LogP contribution < -0.4 is 15.1 Å². The van der Waals surface area contributed by atoms with Crippen molar-refractivity contribution >= 4 is 46.2 Å². The van der Waals surface area contributed by atoms with E-state index in [2.05, 4.69) is 10.3 Å². The highest BCUT2D eigenvalue weighted by Gasteiger charge is 2.42. The van der Waals surface area contributed by atoms with Crippen LogP contribution in [-0.4, -0.2) is 56.8 Å². The fourth-order valence-electron chi connectivity index (χ4n) is 5.89. The van der Waals surface area contributed by atoms with Crippen molar-refractivity contribution in [1.82, 2.24) is 15.3 Å². The molecule has 0 radical (unpaired) electrons. The van der Waals surface area contributed by atoms with E-state index < -0.39 is 40.3 Å². The number of aromatic nitrogens is 1. The fraction of sp³-hybridized carbons (Fsp3) is 0.311. The van der Waals surface area contributed by atoms with Crippen LogP contribution in [0.25, 0.3) is 10.8 Å². The minimum atomic E-state index is -1.46. The average molecular weight is 820 g/mol. The summed E-state index contributed by atoms with van der Waals surface area (Å²) < 4.78 is 22.8. The molecule has 3 amide bonds. The first-order chi connectivity index (χ1) is 28.5. The number of hydrogen-bond acceptors (Lipinski definition) is 12. The van der Waals surface area contributed by atoms with E-state index in [0.717, 1.165) is 10.9 Å². The molecule has 0 spiro atoms. The Balaban J connectivity index is 1.52. The molecule has 0 aliphatic rings. The number of imide groups is 1. The number of carbonyl (C=O) groups excluding carboxylic acids is 4. The SMILES string of the molecule is CC(C)(C)OC(=O)N(C(=O)OC(C)(C)C)N(c1ccc2cnccc2c1)C(C(=O)NCc1cccc([N+](=O)[O-])c1)c1ccc(OCCCC(=O)OCc2ccccc2)cc1. The average Bonchev–Trinajstić information content (AvgIpc) is 3.20. The lowest BCUT2D eigenvalue weighted by atomic mass is 10.0. The summed E-state index contributed by atoms with van der Waals surface area (Å²) in [5, 5.41) is 17.7. The number of nitro benzene ring substituents is 1. The van der Waals surface area contributed by atoms with Gasteiger partial charge in [0.2, 0.25) is 5.91 Å². The maximum atomic E-state index is 14.7. The van der Waals surface area contributed by atoms with Crippen LogP contribution in [-0.2, 0) is 37.0 Å². The number of fused-ring (bicyclic) bond motifs is 1. The van der Waals surface area contributed by atoms with Crippen molar-refractivity contribution in [2.75, 3.05) is 11.6 Å². The second-order valence-corrected chi connectivity index (χ2v) is 15.7. The molecule has 0 bridgehead atoms. The molecule has 0 saturated heterocycles. The standard InChI is InChI=1S/C45H49N5O10/c1-44(2,3)59-42(53)49(43(54)60-45(4,5)6)48(36-20-17-35-29-46-24-23-34(35)27-36)40(41(52)47-28-32-14-10-15-37(26-32)50(55)56)33-18-21-38(22-19-33)57-25-11-16-39(51)58-30-31-12-8-7-9-13-31/h7-10,12-15,17-24,26-27,29,40H,11,16,25,28,30H2,1-6H3,(H,47,52). The number of non-ortho nitro benzene ring substituents is 1. The first kappa shape index (κ1) is 44.1. The molecule has 5 aromatic rings. The Bertz CT molecular complexity index is 2260. The molecule has 0 fully saturated rings. The van der Waals surface area contributed by atoms with E-state index in [0.29, 0.717) is 33.7 Å². The van der Waals surface area contributed by atoms with Gasteiger partial charge in [-0.05, 0) is 100 Å². The van der Waals surface area contributed by atoms with E-state index in [9.17, 15) is 29.3 Å². The van der Waals surface area contributed by atoms with Crippen molar-refractivity contribution in [1.29, 1.82) is 0 Å². The van der Waals surface area contributed by atoms with E-state index in [-0.39, 0.29) is 43.5 Å². The highest BCUT2D eigenvalue weighted by Crippen LogP contribution is 2.35. The molecule has 15 nitrogen and oxygen atoms in total. The van der Waals surface area contributed by atoms with Crippen molar-refractivity contribution in [2.24, 2.45) is 0 Å². The van der Waals surface area contributed by atoms with Crippen molar-refractivity contribution in [2.45, 2.75) is 84.8 Å². The Morgan fingerprint density at radius 3 is 2.10 bits per heavy atom. The van der Waals surface area contributed by atoms with Crippen LogP contribution in [0.3, 0.4) is 0 Å². The number of benzene rings is 4. The summed E-state index contributed by atoms with van der Waals surface area (Å²) in [6.45, 7) is 10.1. The lowest BCUT2D eigenvalue weighted by molar-refractivity contribution is -0.384. The molecule has 0 aliphatic heterocycles. The number of hydrazine groups is 1. The smallest absolute Gasteiger partial charge is 0.439 e. The van der Waals surface area contributed by atoms with Gasteiger partial charge in [0.05, 0.1) is 17.2 Å². The number of amides is 3. The van der Waals surface area contributed by atoms with Gasteiger partial charge < -0.3 is 24.3 Å². The van der Waals surface area contributed by atoms with Crippen LogP contribution in [0.2, 0.25) is 0 Å². The maximum absolute atomic E-state index is 14.7. The molecule has 4 aromatic carbocycles. The quantitative estimate of drug-likeness (QED) is 0.0349. The van der Waals surface area contributed by atoms with Gasteiger partial charge in [-0.25, -0.2) is 9.59 Å². The fourth-order valence-corrected chi connectivity index (χ4v) is 5.89. The summed E-state index contributed by atoms with van der Waals surface area (Å²) in [5.74, 6) is -0.620. The number of nitrogens with zero attached hydrogens (tertiary/aromatic N) is 4. The van der Waals surface area contributed by atoms with Gasteiger partial charge in [-0.3, -0.25) is 29.7 Å². The zero-order chi connectivity index (χ0) is 43.5. The van der Waals surface area contributed by atoms with Gasteiger partial charge in [0, 0.05) is 42.9 Å². The lowest BCUT2D eigenvalue weighted by Crippen LogP contribution is -2.57. The minimum Gasteiger partial charge on any atom is -0.494 e. The zero-order valence-corrected chi connectivity index (χ0v) is 34.5. The van der Waals surface area contributed by atoms with Crippen molar-refractivity contribution in [3.8, 4) is 5.75 Å². The van der Waals surface area contributed by atoms with Crippen LogP contribution in [0, 0.1) is 10.1 Å². The molecule has 1 atom stereocenters. The molecule has 15 heteroatoms. The van der Waals surface area contributed by atoms with E-state index in [4.69, 9.17) is 18.9 Å². The molecule has 1 aromatic heterocycles. The van der Waals surface area contributed by atoms with E-state index in [1.807, 2.05) is 30.3 Å². The van der Waals surface area contributed by atoms with Gasteiger partial charge in [-0.15, -0.1) is 5.01 Å². The third kappa shape index (κ3) is 12.7. The van der Waals surface area contributed by atoms with E-state index >= 15 is 0 Å². The maximum Gasteiger partial charge on any atom is 0.439 e. The number of ether oxygens (including phenoxy) is 4. The zero-order valence-electron chi connectivity index (χ0n) is 34.5. The summed E-state index contributed by atoms with van der Waals surface area (Å²) in [4.78, 5) is 70.8. The monoisotopic (exact) mass is 819 g/mol. The Morgan fingerprint density at radius 1 is 0.783 bits per heavy atom. The van der Waals surface area contributed by atoms with Gasteiger partial charge in [0.1, 0.15) is 23.6 Å².